The monoisotopic (exact) mass is 642 g/mol. The number of esters is 1. The molecular formula is C29H25BrCl2N4O4. The Bertz CT molecular complexity index is 1580. The van der Waals surface area contributed by atoms with E-state index in [1.807, 2.05) is 62.4 Å². The molecule has 3 aromatic carbocycles. The normalized spacial score (nSPS) is 14.4. The van der Waals surface area contributed by atoms with Gasteiger partial charge in [0, 0.05) is 5.70 Å². The van der Waals surface area contributed by atoms with Gasteiger partial charge < -0.3 is 19.5 Å². The third kappa shape index (κ3) is 5.96. The van der Waals surface area contributed by atoms with Gasteiger partial charge in [0.05, 0.1) is 26.7 Å². The highest BCUT2D eigenvalue weighted by Crippen LogP contribution is 2.43. The quantitative estimate of drug-likeness (QED) is 0.191. The second kappa shape index (κ2) is 12.3. The smallest absolute Gasteiger partial charge is 0.338 e. The van der Waals surface area contributed by atoms with Crippen molar-refractivity contribution in [3.05, 3.63) is 109 Å². The lowest BCUT2D eigenvalue weighted by Gasteiger charge is -2.29. The molecule has 1 aliphatic rings. The average Bonchev–Trinajstić information content (AvgIpc) is 3.41. The molecule has 8 nitrogen and oxygen atoms in total. The van der Waals surface area contributed by atoms with Crippen LogP contribution in [-0.4, -0.2) is 27.3 Å². The summed E-state index contributed by atoms with van der Waals surface area (Å²) in [6.45, 7) is 4.49. The minimum Gasteiger partial charge on any atom is -0.490 e. The first-order valence-corrected chi connectivity index (χ1v) is 14.0. The average molecular weight is 644 g/mol. The van der Waals surface area contributed by atoms with E-state index < -0.39 is 12.0 Å². The van der Waals surface area contributed by atoms with Crippen LogP contribution in [0.2, 0.25) is 10.0 Å². The van der Waals surface area contributed by atoms with E-state index in [1.165, 1.54) is 6.33 Å². The van der Waals surface area contributed by atoms with Gasteiger partial charge in [-0.25, -0.2) is 9.48 Å². The number of carbonyl (C=O) groups is 1. The van der Waals surface area contributed by atoms with Crippen LogP contribution in [0.15, 0.2) is 82.7 Å². The van der Waals surface area contributed by atoms with Crippen LogP contribution in [0.3, 0.4) is 0 Å². The fraction of sp³-hybridized carbons (Fsp3) is 0.207. The number of nitrogens with one attached hydrogen (secondary N) is 1. The van der Waals surface area contributed by atoms with Gasteiger partial charge in [0.15, 0.2) is 11.5 Å². The first-order valence-electron chi connectivity index (χ1n) is 12.5. The highest BCUT2D eigenvalue weighted by atomic mass is 79.9. The fourth-order valence-corrected chi connectivity index (χ4v) is 5.29. The lowest BCUT2D eigenvalue weighted by molar-refractivity contribution is -0.140. The van der Waals surface area contributed by atoms with E-state index in [2.05, 4.69) is 31.3 Å². The molecular weight excluding hydrogens is 619 g/mol. The van der Waals surface area contributed by atoms with Crippen molar-refractivity contribution >= 4 is 51.0 Å². The van der Waals surface area contributed by atoms with Crippen LogP contribution in [0.5, 0.6) is 11.5 Å². The summed E-state index contributed by atoms with van der Waals surface area (Å²) in [5.74, 6) is 1.06. The summed E-state index contributed by atoms with van der Waals surface area (Å²) in [6.07, 6.45) is 1.44. The minimum absolute atomic E-state index is 0.142. The van der Waals surface area contributed by atoms with E-state index in [0.717, 1.165) is 16.7 Å². The Morgan fingerprint density at radius 3 is 2.58 bits per heavy atom. The SMILES string of the molecule is CCOc1cc(C2C(C(=O)OCc3ccccc3)=C(C)Nc3ncnn32)cc(Br)c1OCc1ccc(Cl)c(Cl)c1. The summed E-state index contributed by atoms with van der Waals surface area (Å²) in [7, 11) is 0. The maximum absolute atomic E-state index is 13.5. The molecule has 0 fully saturated rings. The number of rotatable bonds is 9. The number of halogens is 3. The number of carbonyl (C=O) groups excluding carboxylic acids is 1. The van der Waals surface area contributed by atoms with Gasteiger partial charge in [0.25, 0.3) is 0 Å². The second-order valence-electron chi connectivity index (χ2n) is 8.96. The molecule has 0 saturated carbocycles. The van der Waals surface area contributed by atoms with Crippen molar-refractivity contribution in [2.45, 2.75) is 33.1 Å². The van der Waals surface area contributed by atoms with Crippen molar-refractivity contribution in [1.82, 2.24) is 14.8 Å². The Kier molecular flexibility index (Phi) is 8.63. The number of ether oxygens (including phenoxy) is 3. The first-order chi connectivity index (χ1) is 19.4. The van der Waals surface area contributed by atoms with Gasteiger partial charge in [-0.15, -0.1) is 0 Å². The number of fused-ring (bicyclic) bond motifs is 1. The fourth-order valence-electron chi connectivity index (χ4n) is 4.40. The number of aromatic nitrogens is 3. The predicted octanol–water partition coefficient (Wildman–Crippen LogP) is 7.36. The van der Waals surface area contributed by atoms with E-state index in [1.54, 1.807) is 16.8 Å². The Balaban J connectivity index is 1.48. The number of anilines is 1. The molecule has 0 bridgehead atoms. The molecule has 1 atom stereocenters. The van der Waals surface area contributed by atoms with Gasteiger partial charge in [-0.2, -0.15) is 10.1 Å². The van der Waals surface area contributed by atoms with Crippen molar-refractivity contribution in [3.8, 4) is 11.5 Å². The van der Waals surface area contributed by atoms with Crippen LogP contribution in [0.1, 0.15) is 36.6 Å². The highest BCUT2D eigenvalue weighted by Gasteiger charge is 2.35. The van der Waals surface area contributed by atoms with Crippen molar-refractivity contribution in [2.75, 3.05) is 11.9 Å². The van der Waals surface area contributed by atoms with Crippen LogP contribution in [-0.2, 0) is 22.7 Å². The molecule has 1 unspecified atom stereocenters. The molecule has 40 heavy (non-hydrogen) atoms. The maximum Gasteiger partial charge on any atom is 0.338 e. The Morgan fingerprint density at radius 2 is 1.82 bits per heavy atom. The van der Waals surface area contributed by atoms with Gasteiger partial charge in [-0.1, -0.05) is 59.6 Å². The van der Waals surface area contributed by atoms with Gasteiger partial charge >= 0.3 is 5.97 Å². The van der Waals surface area contributed by atoms with Gasteiger partial charge in [0.1, 0.15) is 25.6 Å². The largest absolute Gasteiger partial charge is 0.490 e. The lowest BCUT2D eigenvalue weighted by Crippen LogP contribution is -2.29. The first kappa shape index (κ1) is 28.0. The molecule has 0 saturated heterocycles. The van der Waals surface area contributed by atoms with Crippen LogP contribution in [0.4, 0.5) is 5.95 Å². The number of nitrogens with zero attached hydrogens (tertiary/aromatic N) is 3. The minimum atomic E-state index is -0.623. The molecule has 11 heteroatoms. The molecule has 1 aliphatic heterocycles. The lowest BCUT2D eigenvalue weighted by atomic mass is 9.95. The van der Waals surface area contributed by atoms with Crippen molar-refractivity contribution in [1.29, 1.82) is 0 Å². The number of benzene rings is 3. The van der Waals surface area contributed by atoms with Crippen molar-refractivity contribution in [3.63, 3.8) is 0 Å². The molecule has 1 aromatic heterocycles. The summed E-state index contributed by atoms with van der Waals surface area (Å²) < 4.78 is 20.2. The standard InChI is InChI=1S/C29H25BrCl2N4O4/c1-3-38-24-13-20(12-21(30)27(24)39-15-19-9-10-22(31)23(32)11-19)26-25(17(2)35-29-33-16-34-36(26)29)28(37)40-14-18-7-5-4-6-8-18/h4-13,16,26H,3,14-15H2,1-2H3,(H,33,34,35). The summed E-state index contributed by atoms with van der Waals surface area (Å²) in [5, 5.41) is 8.49. The third-order valence-electron chi connectivity index (χ3n) is 6.24. The van der Waals surface area contributed by atoms with Crippen LogP contribution in [0, 0.1) is 0 Å². The predicted molar refractivity (Wildman–Crippen MR) is 157 cm³/mol. The second-order valence-corrected chi connectivity index (χ2v) is 10.6. The zero-order valence-electron chi connectivity index (χ0n) is 21.7. The number of hydrogen-bond donors (Lipinski definition) is 1. The topological polar surface area (TPSA) is 87.5 Å². The maximum atomic E-state index is 13.5. The van der Waals surface area contributed by atoms with E-state index >= 15 is 0 Å². The van der Waals surface area contributed by atoms with Gasteiger partial charge in [-0.05, 0) is 70.7 Å². The molecule has 4 aromatic rings. The summed E-state index contributed by atoms with van der Waals surface area (Å²) in [4.78, 5) is 17.8. The number of allylic oxidation sites excluding steroid dienone is 1. The molecule has 0 amide bonds. The van der Waals surface area contributed by atoms with Crippen LogP contribution >= 0.6 is 39.1 Å². The summed E-state index contributed by atoms with van der Waals surface area (Å²) in [5.41, 5.74) is 3.50. The van der Waals surface area contributed by atoms with E-state index in [4.69, 9.17) is 37.4 Å². The Labute approximate surface area is 250 Å². The molecule has 2 heterocycles. The summed E-state index contributed by atoms with van der Waals surface area (Å²) >= 11 is 15.9. The van der Waals surface area contributed by atoms with Gasteiger partial charge in [-0.3, -0.25) is 0 Å². The number of hydrogen-bond acceptors (Lipinski definition) is 7. The summed E-state index contributed by atoms with van der Waals surface area (Å²) in [6, 6.07) is 18.0. The highest BCUT2D eigenvalue weighted by molar-refractivity contribution is 9.10. The molecule has 0 aliphatic carbocycles. The molecule has 1 N–H and O–H groups in total. The van der Waals surface area contributed by atoms with Crippen LogP contribution in [0.25, 0.3) is 0 Å². The van der Waals surface area contributed by atoms with E-state index in [0.29, 0.717) is 49.8 Å². The zero-order valence-corrected chi connectivity index (χ0v) is 24.8. The Morgan fingerprint density at radius 1 is 1.02 bits per heavy atom. The zero-order chi connectivity index (χ0) is 28.2. The third-order valence-corrected chi connectivity index (χ3v) is 7.57. The van der Waals surface area contributed by atoms with Crippen LogP contribution < -0.4 is 14.8 Å². The molecule has 5 rings (SSSR count). The molecule has 0 radical (unpaired) electrons. The van der Waals surface area contributed by atoms with Crippen molar-refractivity contribution in [2.24, 2.45) is 0 Å². The van der Waals surface area contributed by atoms with E-state index in [9.17, 15) is 4.79 Å². The Hall–Kier alpha value is -3.53. The molecule has 0 spiro atoms. The van der Waals surface area contributed by atoms with Gasteiger partial charge in [0.2, 0.25) is 5.95 Å². The van der Waals surface area contributed by atoms with Crippen molar-refractivity contribution < 1.29 is 19.0 Å². The molecule has 206 valence electrons. The van der Waals surface area contributed by atoms with E-state index in [-0.39, 0.29) is 13.2 Å².